The number of thiol groups is 1. The van der Waals surface area contributed by atoms with Crippen molar-refractivity contribution in [2.45, 2.75) is 32.6 Å². The molecule has 0 unspecified atom stereocenters. The summed E-state index contributed by atoms with van der Waals surface area (Å²) in [5.41, 5.74) is 0. The summed E-state index contributed by atoms with van der Waals surface area (Å²) < 4.78 is 0.444. The van der Waals surface area contributed by atoms with E-state index in [1.807, 2.05) is 0 Å². The Bertz CT molecular complexity index is 152. The second kappa shape index (κ2) is 6.68. The molecule has 0 saturated carbocycles. The fraction of sp³-hybridized carbons (Fsp3) is 0.625. The average molecular weight is 190 g/mol. The summed E-state index contributed by atoms with van der Waals surface area (Å²) >= 11 is 8.56. The number of hydrogen-bond donors (Lipinski definition) is 2. The Labute approximate surface area is 78.9 Å². The molecule has 0 aliphatic rings. The summed E-state index contributed by atoms with van der Waals surface area (Å²) in [6, 6.07) is 0. The van der Waals surface area contributed by atoms with Crippen LogP contribution in [-0.4, -0.2) is 9.30 Å². The lowest BCUT2D eigenvalue weighted by Gasteiger charge is -1.97. The van der Waals surface area contributed by atoms with Gasteiger partial charge >= 0.3 is 0 Å². The largest absolute Gasteiger partial charge is 0.512 e. The molecule has 1 N–H and O–H groups in total. The van der Waals surface area contributed by atoms with Crippen molar-refractivity contribution in [1.29, 1.82) is 0 Å². The number of aliphatic hydroxyl groups excluding tert-OH is 1. The van der Waals surface area contributed by atoms with Crippen LogP contribution >= 0.6 is 24.8 Å². The zero-order valence-corrected chi connectivity index (χ0v) is 8.42. The predicted octanol–water partition coefficient (Wildman–Crippen LogP) is 3.27. The smallest absolute Gasteiger partial charge is 0.0942 e. The van der Waals surface area contributed by atoms with Gasteiger partial charge in [0.25, 0.3) is 0 Å². The number of thiocarbonyl (C=S) groups is 1. The predicted molar refractivity (Wildman–Crippen MR) is 56.4 cm³/mol. The Balaban J connectivity index is 3.51. The molecule has 0 saturated heterocycles. The van der Waals surface area contributed by atoms with Gasteiger partial charge in [-0.1, -0.05) is 32.0 Å². The minimum atomic E-state index is 0.346. The monoisotopic (exact) mass is 190 g/mol. The Morgan fingerprint density at radius 3 is 2.64 bits per heavy atom. The third-order valence-corrected chi connectivity index (χ3v) is 1.57. The molecule has 0 radical (unpaired) electrons. The van der Waals surface area contributed by atoms with Gasteiger partial charge in [0.2, 0.25) is 0 Å². The van der Waals surface area contributed by atoms with E-state index in [2.05, 4.69) is 31.8 Å². The van der Waals surface area contributed by atoms with Crippen molar-refractivity contribution in [3.05, 3.63) is 11.8 Å². The second-order valence-electron chi connectivity index (χ2n) is 2.43. The molecule has 0 bridgehead atoms. The van der Waals surface area contributed by atoms with Crippen molar-refractivity contribution in [2.75, 3.05) is 0 Å². The SMILES string of the molecule is CCCCC/C(O)=C/C(=S)S. The molecular weight excluding hydrogens is 176 g/mol. The van der Waals surface area contributed by atoms with Crippen LogP contribution in [0, 0.1) is 0 Å². The molecule has 0 atom stereocenters. The fourth-order valence-electron chi connectivity index (χ4n) is 0.771. The van der Waals surface area contributed by atoms with Gasteiger partial charge < -0.3 is 5.11 Å². The average Bonchev–Trinajstić information content (AvgIpc) is 1.86. The quantitative estimate of drug-likeness (QED) is 0.228. The van der Waals surface area contributed by atoms with Crippen LogP contribution in [0.1, 0.15) is 32.6 Å². The van der Waals surface area contributed by atoms with E-state index in [0.717, 1.165) is 12.8 Å². The molecule has 3 heteroatoms. The molecule has 64 valence electrons. The highest BCUT2D eigenvalue weighted by molar-refractivity contribution is 8.11. The second-order valence-corrected chi connectivity index (χ2v) is 3.66. The summed E-state index contributed by atoms with van der Waals surface area (Å²) in [5.74, 6) is 0.346. The highest BCUT2D eigenvalue weighted by atomic mass is 32.1. The van der Waals surface area contributed by atoms with E-state index < -0.39 is 0 Å². The summed E-state index contributed by atoms with van der Waals surface area (Å²) in [6.45, 7) is 2.13. The fourth-order valence-corrected chi connectivity index (χ4v) is 1.06. The molecule has 0 aromatic carbocycles. The topological polar surface area (TPSA) is 20.2 Å². The van der Waals surface area contributed by atoms with Crippen LogP contribution in [0.3, 0.4) is 0 Å². The van der Waals surface area contributed by atoms with Crippen LogP contribution in [-0.2, 0) is 0 Å². The van der Waals surface area contributed by atoms with Gasteiger partial charge in [0.1, 0.15) is 0 Å². The molecular formula is C8H14OS2. The van der Waals surface area contributed by atoms with Crippen molar-refractivity contribution in [3.8, 4) is 0 Å². The molecule has 0 fully saturated rings. The molecule has 0 spiro atoms. The molecule has 0 rings (SSSR count). The van der Waals surface area contributed by atoms with Gasteiger partial charge in [0, 0.05) is 6.42 Å². The van der Waals surface area contributed by atoms with E-state index in [1.54, 1.807) is 0 Å². The standard InChI is InChI=1S/C8H14OS2/c1-2-3-4-5-7(9)6-8(10)11/h6,9H,2-5H2,1H3,(H,10,11)/b7-6-. The number of unbranched alkanes of at least 4 members (excludes halogenated alkanes) is 2. The van der Waals surface area contributed by atoms with E-state index in [1.165, 1.54) is 12.5 Å². The van der Waals surface area contributed by atoms with Gasteiger partial charge in [-0.15, -0.1) is 12.6 Å². The van der Waals surface area contributed by atoms with Gasteiger partial charge in [-0.2, -0.15) is 0 Å². The highest BCUT2D eigenvalue weighted by Crippen LogP contribution is 2.06. The molecule has 0 aliphatic heterocycles. The summed E-state index contributed by atoms with van der Waals surface area (Å²) in [6.07, 6.45) is 5.58. The van der Waals surface area contributed by atoms with Crippen molar-refractivity contribution < 1.29 is 5.11 Å². The van der Waals surface area contributed by atoms with Gasteiger partial charge in [0.15, 0.2) is 0 Å². The molecule has 11 heavy (non-hydrogen) atoms. The lowest BCUT2D eigenvalue weighted by atomic mass is 10.2. The van der Waals surface area contributed by atoms with Crippen LogP contribution in [0.15, 0.2) is 11.8 Å². The summed E-state index contributed by atoms with van der Waals surface area (Å²) in [5, 5.41) is 9.17. The molecule has 0 heterocycles. The van der Waals surface area contributed by atoms with Crippen LogP contribution in [0.4, 0.5) is 0 Å². The van der Waals surface area contributed by atoms with E-state index in [4.69, 9.17) is 0 Å². The van der Waals surface area contributed by atoms with Gasteiger partial charge in [0.05, 0.1) is 9.96 Å². The van der Waals surface area contributed by atoms with Gasteiger partial charge in [-0.05, 0) is 12.5 Å². The number of hydrogen-bond acceptors (Lipinski definition) is 2. The van der Waals surface area contributed by atoms with Crippen molar-refractivity contribution >= 4 is 29.0 Å². The van der Waals surface area contributed by atoms with Crippen LogP contribution in [0.2, 0.25) is 0 Å². The van der Waals surface area contributed by atoms with Crippen LogP contribution in [0.25, 0.3) is 0 Å². The number of allylic oxidation sites excluding steroid dienone is 1. The lowest BCUT2D eigenvalue weighted by molar-refractivity contribution is 0.382. The number of aliphatic hydroxyl groups is 1. The molecule has 0 aromatic heterocycles. The van der Waals surface area contributed by atoms with Crippen molar-refractivity contribution in [2.24, 2.45) is 0 Å². The first kappa shape index (κ1) is 11.0. The summed E-state index contributed by atoms with van der Waals surface area (Å²) in [7, 11) is 0. The first-order valence-corrected chi connectivity index (χ1v) is 4.64. The Kier molecular flexibility index (Phi) is 6.66. The van der Waals surface area contributed by atoms with E-state index >= 15 is 0 Å². The van der Waals surface area contributed by atoms with Crippen molar-refractivity contribution in [1.82, 2.24) is 0 Å². The maximum Gasteiger partial charge on any atom is 0.0942 e. The van der Waals surface area contributed by atoms with E-state index in [-0.39, 0.29) is 0 Å². The van der Waals surface area contributed by atoms with E-state index in [9.17, 15) is 5.11 Å². The minimum absolute atomic E-state index is 0.346. The zero-order chi connectivity index (χ0) is 8.69. The Hall–Kier alpha value is -0.0200. The minimum Gasteiger partial charge on any atom is -0.512 e. The zero-order valence-electron chi connectivity index (χ0n) is 6.71. The van der Waals surface area contributed by atoms with Crippen molar-refractivity contribution in [3.63, 3.8) is 0 Å². The Morgan fingerprint density at radius 1 is 1.55 bits per heavy atom. The highest BCUT2D eigenvalue weighted by Gasteiger charge is 1.93. The first-order chi connectivity index (χ1) is 5.16. The van der Waals surface area contributed by atoms with Crippen LogP contribution < -0.4 is 0 Å². The van der Waals surface area contributed by atoms with Gasteiger partial charge in [-0.25, -0.2) is 0 Å². The lowest BCUT2D eigenvalue weighted by Crippen LogP contribution is -1.85. The van der Waals surface area contributed by atoms with E-state index in [0.29, 0.717) is 16.4 Å². The molecule has 0 amide bonds. The Morgan fingerprint density at radius 2 is 2.18 bits per heavy atom. The first-order valence-electron chi connectivity index (χ1n) is 3.79. The third-order valence-electron chi connectivity index (χ3n) is 1.33. The van der Waals surface area contributed by atoms with Gasteiger partial charge in [-0.3, -0.25) is 0 Å². The maximum absolute atomic E-state index is 9.17. The molecule has 0 aromatic rings. The van der Waals surface area contributed by atoms with Crippen LogP contribution in [0.5, 0.6) is 0 Å². The third kappa shape index (κ3) is 7.88. The molecule has 0 aliphatic carbocycles. The normalized spacial score (nSPS) is 11.6. The molecule has 1 nitrogen and oxygen atoms in total. The number of rotatable bonds is 5. The summed E-state index contributed by atoms with van der Waals surface area (Å²) in [4.78, 5) is 0. The maximum atomic E-state index is 9.17.